The van der Waals surface area contributed by atoms with E-state index in [0.717, 1.165) is 27.5 Å². The topological polar surface area (TPSA) is 74.7 Å². The first-order valence-corrected chi connectivity index (χ1v) is 16.3. The number of sulfonamides is 1. The van der Waals surface area contributed by atoms with Gasteiger partial charge in [0, 0.05) is 17.8 Å². The highest BCUT2D eigenvalue weighted by atomic mass is 32.2. The van der Waals surface area contributed by atoms with Gasteiger partial charge < -0.3 is 5.11 Å². The third kappa shape index (κ3) is 5.36. The number of rotatable bonds is 9. The van der Waals surface area contributed by atoms with E-state index in [-0.39, 0.29) is 23.1 Å². The molecule has 0 spiro atoms. The number of fused-ring (bicyclic) bond motifs is 1. The number of hydrogen-bond donors (Lipinski definition) is 1. The molecular weight excluding hydrogens is 563 g/mol. The summed E-state index contributed by atoms with van der Waals surface area (Å²) in [5.41, 5.74) is 3.24. The smallest absolute Gasteiger partial charge is 0.304 e. The van der Waals surface area contributed by atoms with Crippen LogP contribution < -0.4 is 0 Å². The van der Waals surface area contributed by atoms with Gasteiger partial charge in [0.1, 0.15) is 0 Å². The fourth-order valence-corrected chi connectivity index (χ4v) is 9.73. The van der Waals surface area contributed by atoms with Crippen LogP contribution in [0.4, 0.5) is 0 Å². The molecule has 0 aliphatic carbocycles. The van der Waals surface area contributed by atoms with Crippen molar-refractivity contribution in [3.8, 4) is 0 Å². The average Bonchev–Trinajstić information content (AvgIpc) is 3.43. The third-order valence-electron chi connectivity index (χ3n) is 7.95. The maximum Gasteiger partial charge on any atom is 0.304 e. The fraction of sp³-hybridized carbons (Fsp3) is 0.171. The number of thioether (sulfide) groups is 1. The molecular formula is C35H31NO4S2. The van der Waals surface area contributed by atoms with Crippen molar-refractivity contribution >= 4 is 38.5 Å². The average molecular weight is 594 g/mol. The zero-order chi connectivity index (χ0) is 29.2. The molecule has 1 saturated heterocycles. The lowest BCUT2D eigenvalue weighted by Gasteiger charge is -2.37. The molecule has 1 aliphatic rings. The van der Waals surface area contributed by atoms with Gasteiger partial charge in [0.15, 0.2) is 0 Å². The minimum absolute atomic E-state index is 0.162. The molecule has 0 aromatic heterocycles. The standard InChI is InChI=1S/C35H31NO4S2/c37-34(38)24-31-23-32(25-36(31)42(39,40)33-21-20-26-12-10-11-13-27(26)22-33)41-35(28-14-4-1-5-15-28,29-16-6-2-7-17-29)30-18-8-3-9-19-30/h1-22,31-32H,23-25H2,(H,37,38). The molecule has 2 unspecified atom stereocenters. The van der Waals surface area contributed by atoms with Gasteiger partial charge in [-0.1, -0.05) is 121 Å². The minimum atomic E-state index is -3.95. The van der Waals surface area contributed by atoms with Crippen LogP contribution in [0.5, 0.6) is 0 Å². The van der Waals surface area contributed by atoms with E-state index in [1.54, 1.807) is 23.9 Å². The van der Waals surface area contributed by atoms with Crippen molar-refractivity contribution < 1.29 is 18.3 Å². The number of carbonyl (C=O) groups is 1. The summed E-state index contributed by atoms with van der Waals surface area (Å²) in [6.07, 6.45) is 0.177. The SMILES string of the molecule is O=C(O)CC1CC(SC(c2ccccc2)(c2ccccc2)c2ccccc2)CN1S(=O)(=O)c1ccc2ccccc2c1. The number of carboxylic acid groups (broad SMARTS) is 1. The molecule has 7 heteroatoms. The molecule has 1 aliphatic heterocycles. The second kappa shape index (κ2) is 11.8. The normalized spacial score (nSPS) is 17.8. The molecule has 0 saturated carbocycles. The van der Waals surface area contributed by atoms with Gasteiger partial charge in [0.2, 0.25) is 10.0 Å². The van der Waals surface area contributed by atoms with Crippen LogP contribution in [0.1, 0.15) is 29.5 Å². The van der Waals surface area contributed by atoms with Crippen molar-refractivity contribution in [2.45, 2.75) is 33.8 Å². The Hall–Kier alpha value is -3.91. The van der Waals surface area contributed by atoms with Gasteiger partial charge in [-0.15, -0.1) is 11.8 Å². The number of nitrogens with zero attached hydrogens (tertiary/aromatic N) is 1. The predicted molar refractivity (Wildman–Crippen MR) is 169 cm³/mol. The van der Waals surface area contributed by atoms with E-state index in [1.807, 2.05) is 84.9 Å². The summed E-state index contributed by atoms with van der Waals surface area (Å²) in [6.45, 7) is 0.214. The number of aliphatic carboxylic acids is 1. The van der Waals surface area contributed by atoms with Gasteiger partial charge >= 0.3 is 5.97 Å². The van der Waals surface area contributed by atoms with Gasteiger partial charge in [-0.3, -0.25) is 4.79 Å². The summed E-state index contributed by atoms with van der Waals surface area (Å²) in [5.74, 6) is -1.01. The summed E-state index contributed by atoms with van der Waals surface area (Å²) in [7, 11) is -3.95. The van der Waals surface area contributed by atoms with Crippen molar-refractivity contribution in [1.82, 2.24) is 4.31 Å². The van der Waals surface area contributed by atoms with Crippen LogP contribution >= 0.6 is 11.8 Å². The lowest BCUT2D eigenvalue weighted by molar-refractivity contribution is -0.137. The number of carboxylic acids is 1. The molecule has 212 valence electrons. The number of hydrogen-bond acceptors (Lipinski definition) is 4. The second-order valence-corrected chi connectivity index (χ2v) is 14.0. The van der Waals surface area contributed by atoms with Crippen LogP contribution in [0.2, 0.25) is 0 Å². The Bertz CT molecular complexity index is 1700. The summed E-state index contributed by atoms with van der Waals surface area (Å²) in [6, 6.07) is 42.9. The van der Waals surface area contributed by atoms with Crippen LogP contribution in [-0.2, 0) is 19.6 Å². The van der Waals surface area contributed by atoms with Crippen molar-refractivity contribution in [3.05, 3.63) is 150 Å². The van der Waals surface area contributed by atoms with Crippen LogP contribution in [0.15, 0.2) is 138 Å². The second-order valence-electron chi connectivity index (χ2n) is 10.6. The van der Waals surface area contributed by atoms with Gasteiger partial charge in [-0.2, -0.15) is 4.31 Å². The minimum Gasteiger partial charge on any atom is -0.481 e. The Balaban J connectivity index is 1.43. The fourth-order valence-electron chi connectivity index (χ4n) is 6.05. The lowest BCUT2D eigenvalue weighted by atomic mass is 9.84. The maximum absolute atomic E-state index is 14.1. The largest absolute Gasteiger partial charge is 0.481 e. The highest BCUT2D eigenvalue weighted by molar-refractivity contribution is 8.01. The summed E-state index contributed by atoms with van der Waals surface area (Å²) in [5, 5.41) is 11.4. The monoisotopic (exact) mass is 593 g/mol. The van der Waals surface area contributed by atoms with Gasteiger partial charge in [0.05, 0.1) is 16.1 Å². The third-order valence-corrected chi connectivity index (χ3v) is 11.6. The first-order chi connectivity index (χ1) is 20.4. The van der Waals surface area contributed by atoms with Crippen molar-refractivity contribution in [2.75, 3.05) is 6.54 Å². The van der Waals surface area contributed by atoms with Crippen LogP contribution in [0.3, 0.4) is 0 Å². The van der Waals surface area contributed by atoms with E-state index < -0.39 is 26.8 Å². The maximum atomic E-state index is 14.1. The summed E-state index contributed by atoms with van der Waals surface area (Å²) >= 11 is 1.71. The van der Waals surface area contributed by atoms with Gasteiger partial charge in [-0.05, 0) is 46.0 Å². The Morgan fingerprint density at radius 2 is 1.24 bits per heavy atom. The van der Waals surface area contributed by atoms with Gasteiger partial charge in [0.25, 0.3) is 0 Å². The lowest BCUT2D eigenvalue weighted by Crippen LogP contribution is -2.37. The number of benzene rings is 5. The molecule has 2 atom stereocenters. The van der Waals surface area contributed by atoms with Crippen molar-refractivity contribution in [1.29, 1.82) is 0 Å². The van der Waals surface area contributed by atoms with E-state index >= 15 is 0 Å². The molecule has 5 aromatic rings. The quantitative estimate of drug-likeness (QED) is 0.183. The molecule has 5 nitrogen and oxygen atoms in total. The molecule has 0 amide bonds. The predicted octanol–water partition coefficient (Wildman–Crippen LogP) is 7.17. The van der Waals surface area contributed by atoms with E-state index in [1.165, 1.54) is 4.31 Å². The highest BCUT2D eigenvalue weighted by Crippen LogP contribution is 2.52. The Morgan fingerprint density at radius 1 is 0.738 bits per heavy atom. The van der Waals surface area contributed by atoms with E-state index in [9.17, 15) is 18.3 Å². The Morgan fingerprint density at radius 3 is 1.76 bits per heavy atom. The van der Waals surface area contributed by atoms with Gasteiger partial charge in [-0.25, -0.2) is 8.42 Å². The Kier molecular flexibility index (Phi) is 7.90. The van der Waals surface area contributed by atoms with Crippen LogP contribution in [-0.4, -0.2) is 41.6 Å². The first-order valence-electron chi connectivity index (χ1n) is 13.9. The molecule has 1 fully saturated rings. The first kappa shape index (κ1) is 28.2. The molecule has 5 aromatic carbocycles. The molecule has 0 bridgehead atoms. The van der Waals surface area contributed by atoms with E-state index in [2.05, 4.69) is 36.4 Å². The van der Waals surface area contributed by atoms with E-state index in [4.69, 9.17) is 0 Å². The molecule has 6 rings (SSSR count). The molecule has 1 N–H and O–H groups in total. The zero-order valence-electron chi connectivity index (χ0n) is 22.9. The zero-order valence-corrected chi connectivity index (χ0v) is 24.5. The Labute approximate surface area is 250 Å². The molecule has 1 heterocycles. The summed E-state index contributed by atoms with van der Waals surface area (Å²) in [4.78, 5) is 12.2. The van der Waals surface area contributed by atoms with Crippen LogP contribution in [0, 0.1) is 0 Å². The molecule has 42 heavy (non-hydrogen) atoms. The summed E-state index contributed by atoms with van der Waals surface area (Å²) < 4.78 is 29.0. The van der Waals surface area contributed by atoms with Crippen molar-refractivity contribution in [3.63, 3.8) is 0 Å². The van der Waals surface area contributed by atoms with Crippen molar-refractivity contribution in [2.24, 2.45) is 0 Å². The molecule has 0 radical (unpaired) electrons. The highest BCUT2D eigenvalue weighted by Gasteiger charge is 2.46. The van der Waals surface area contributed by atoms with E-state index in [0.29, 0.717) is 6.42 Å². The van der Waals surface area contributed by atoms with Crippen LogP contribution in [0.25, 0.3) is 10.8 Å².